The molecule has 0 saturated carbocycles. The molecule has 1 aliphatic heterocycles. The van der Waals surface area contributed by atoms with Gasteiger partial charge in [-0.15, -0.1) is 10.2 Å². The van der Waals surface area contributed by atoms with Crippen molar-refractivity contribution in [2.75, 3.05) is 11.4 Å². The van der Waals surface area contributed by atoms with Crippen molar-refractivity contribution in [3.05, 3.63) is 42.7 Å². The predicted octanol–water partition coefficient (Wildman–Crippen LogP) is 2.42. The molecule has 0 aliphatic carbocycles. The molecule has 0 radical (unpaired) electrons. The zero-order valence-corrected chi connectivity index (χ0v) is 15.7. The minimum absolute atomic E-state index is 0.0639. The number of nitrogens with zero attached hydrogens (tertiary/aromatic N) is 7. The van der Waals surface area contributed by atoms with Crippen molar-refractivity contribution in [3.8, 4) is 17.1 Å². The van der Waals surface area contributed by atoms with Crippen LogP contribution in [-0.2, 0) is 13.1 Å². The quantitative estimate of drug-likeness (QED) is 0.584. The summed E-state index contributed by atoms with van der Waals surface area (Å²) in [5.41, 5.74) is 2.72. The van der Waals surface area contributed by atoms with Gasteiger partial charge in [0.2, 0.25) is 5.88 Å². The highest BCUT2D eigenvalue weighted by atomic mass is 16.5. The maximum atomic E-state index is 5.74. The summed E-state index contributed by atoms with van der Waals surface area (Å²) in [4.78, 5) is 11.1. The second-order valence-electron chi connectivity index (χ2n) is 7.07. The van der Waals surface area contributed by atoms with Gasteiger partial charge in [0.1, 0.15) is 17.8 Å². The van der Waals surface area contributed by atoms with Crippen molar-refractivity contribution in [3.63, 3.8) is 0 Å². The molecule has 9 heteroatoms. The maximum Gasteiger partial charge on any atom is 0.214 e. The molecule has 0 spiro atoms. The molecule has 4 aromatic rings. The Morgan fingerprint density at radius 2 is 2.11 bits per heavy atom. The fraction of sp³-hybridized carbons (Fsp3) is 0.316. The highest BCUT2D eigenvalue weighted by Crippen LogP contribution is 2.30. The Kier molecular flexibility index (Phi) is 3.92. The van der Waals surface area contributed by atoms with Crippen molar-refractivity contribution >= 4 is 16.7 Å². The van der Waals surface area contributed by atoms with Gasteiger partial charge in [-0.3, -0.25) is 5.10 Å². The number of ether oxygens (including phenoxy) is 1. The van der Waals surface area contributed by atoms with Crippen molar-refractivity contribution in [1.82, 2.24) is 34.9 Å². The third-order valence-electron chi connectivity index (χ3n) is 4.76. The van der Waals surface area contributed by atoms with Gasteiger partial charge < -0.3 is 14.2 Å². The highest BCUT2D eigenvalue weighted by Gasteiger charge is 2.20. The van der Waals surface area contributed by atoms with Crippen LogP contribution in [-0.4, -0.2) is 47.6 Å². The fourth-order valence-corrected chi connectivity index (χ4v) is 3.42. The van der Waals surface area contributed by atoms with E-state index in [-0.39, 0.29) is 6.10 Å². The number of nitrogens with one attached hydrogen (secondary N) is 1. The van der Waals surface area contributed by atoms with Crippen LogP contribution >= 0.6 is 0 Å². The summed E-state index contributed by atoms with van der Waals surface area (Å²) in [6, 6.07) is 5.96. The Labute approximate surface area is 161 Å². The third kappa shape index (κ3) is 2.94. The van der Waals surface area contributed by atoms with E-state index in [4.69, 9.17) is 4.74 Å². The van der Waals surface area contributed by atoms with Crippen LogP contribution in [0.15, 0.2) is 36.9 Å². The molecule has 0 unspecified atom stereocenters. The van der Waals surface area contributed by atoms with E-state index < -0.39 is 0 Å². The number of rotatable bonds is 4. The normalized spacial score (nSPS) is 13.9. The minimum Gasteiger partial charge on any atom is -0.475 e. The predicted molar refractivity (Wildman–Crippen MR) is 104 cm³/mol. The molecule has 0 atom stereocenters. The first kappa shape index (κ1) is 16.7. The lowest BCUT2D eigenvalue weighted by Gasteiger charge is -2.28. The van der Waals surface area contributed by atoms with Crippen LogP contribution < -0.4 is 9.64 Å². The Morgan fingerprint density at radius 3 is 3.00 bits per heavy atom. The van der Waals surface area contributed by atoms with Gasteiger partial charge in [0.25, 0.3) is 0 Å². The standard InChI is InChI=1S/C19H20N8O/c1-12(2)28-18-8-14-15(9-21-18)23-25-19(14)13-3-4-20-16(7-13)26-5-6-27-11-22-24-17(27)10-26/h3-4,7-9,11-12H,5-6,10H2,1-2H3,(H,23,25). The molecule has 28 heavy (non-hydrogen) atoms. The molecule has 0 fully saturated rings. The first-order valence-electron chi connectivity index (χ1n) is 9.26. The van der Waals surface area contributed by atoms with Crippen LogP contribution in [0.3, 0.4) is 0 Å². The summed E-state index contributed by atoms with van der Waals surface area (Å²) in [5, 5.41) is 16.7. The number of pyridine rings is 2. The van der Waals surface area contributed by atoms with E-state index in [0.29, 0.717) is 12.4 Å². The SMILES string of the molecule is CC(C)Oc1cc2c(-c3ccnc(N4CCn5cnnc5C4)c3)n[nH]c2cn1. The summed E-state index contributed by atoms with van der Waals surface area (Å²) in [6.07, 6.45) is 5.41. The summed E-state index contributed by atoms with van der Waals surface area (Å²) in [5.74, 6) is 2.44. The van der Waals surface area contributed by atoms with E-state index >= 15 is 0 Å². The number of aromatic amines is 1. The van der Waals surface area contributed by atoms with Crippen LogP contribution in [0.5, 0.6) is 5.88 Å². The molecular weight excluding hydrogens is 356 g/mol. The molecule has 5 rings (SSSR count). The van der Waals surface area contributed by atoms with E-state index in [0.717, 1.165) is 46.9 Å². The molecule has 9 nitrogen and oxygen atoms in total. The molecule has 142 valence electrons. The van der Waals surface area contributed by atoms with E-state index in [2.05, 4.69) is 45.9 Å². The number of fused-ring (bicyclic) bond motifs is 2. The van der Waals surface area contributed by atoms with Crippen molar-refractivity contribution in [1.29, 1.82) is 0 Å². The topological polar surface area (TPSA) is 97.6 Å². The van der Waals surface area contributed by atoms with E-state index in [1.54, 1.807) is 12.5 Å². The Morgan fingerprint density at radius 1 is 1.18 bits per heavy atom. The zero-order chi connectivity index (χ0) is 19.1. The first-order valence-corrected chi connectivity index (χ1v) is 9.26. The number of aromatic nitrogens is 7. The van der Waals surface area contributed by atoms with E-state index in [1.165, 1.54) is 0 Å². The van der Waals surface area contributed by atoms with Crippen LogP contribution in [0.25, 0.3) is 22.2 Å². The van der Waals surface area contributed by atoms with Crippen LogP contribution in [0, 0.1) is 0 Å². The largest absolute Gasteiger partial charge is 0.475 e. The van der Waals surface area contributed by atoms with Crippen LogP contribution in [0.4, 0.5) is 5.82 Å². The van der Waals surface area contributed by atoms with Crippen molar-refractivity contribution in [2.24, 2.45) is 0 Å². The van der Waals surface area contributed by atoms with E-state index in [9.17, 15) is 0 Å². The number of H-pyrrole nitrogens is 1. The summed E-state index contributed by atoms with van der Waals surface area (Å²) in [7, 11) is 0. The fourth-order valence-electron chi connectivity index (χ4n) is 3.42. The van der Waals surface area contributed by atoms with Crippen LogP contribution in [0.1, 0.15) is 19.7 Å². The lowest BCUT2D eigenvalue weighted by molar-refractivity contribution is 0.233. The van der Waals surface area contributed by atoms with Crippen LogP contribution in [0.2, 0.25) is 0 Å². The van der Waals surface area contributed by atoms with Gasteiger partial charge >= 0.3 is 0 Å². The molecule has 0 amide bonds. The second-order valence-corrected chi connectivity index (χ2v) is 7.07. The molecule has 1 aliphatic rings. The smallest absolute Gasteiger partial charge is 0.214 e. The molecule has 5 heterocycles. The Bertz CT molecular complexity index is 1130. The zero-order valence-electron chi connectivity index (χ0n) is 15.7. The van der Waals surface area contributed by atoms with Crippen molar-refractivity contribution in [2.45, 2.75) is 33.0 Å². The van der Waals surface area contributed by atoms with Gasteiger partial charge in [-0.2, -0.15) is 5.10 Å². The average molecular weight is 376 g/mol. The van der Waals surface area contributed by atoms with Gasteiger partial charge in [0.05, 0.1) is 24.4 Å². The lowest BCUT2D eigenvalue weighted by atomic mass is 10.1. The maximum absolute atomic E-state index is 5.74. The number of hydrogen-bond acceptors (Lipinski definition) is 7. The molecule has 0 saturated heterocycles. The lowest BCUT2D eigenvalue weighted by Crippen LogP contribution is -2.34. The first-order chi connectivity index (χ1) is 13.7. The summed E-state index contributed by atoms with van der Waals surface area (Å²) >= 11 is 0. The Balaban J connectivity index is 1.50. The minimum atomic E-state index is 0.0639. The van der Waals surface area contributed by atoms with Crippen molar-refractivity contribution < 1.29 is 4.74 Å². The Hall–Kier alpha value is -3.49. The van der Waals surface area contributed by atoms with Gasteiger partial charge in [0, 0.05) is 36.3 Å². The molecule has 1 N–H and O–H groups in total. The summed E-state index contributed by atoms with van der Waals surface area (Å²) in [6.45, 7) is 6.36. The molecule has 0 aromatic carbocycles. The second kappa shape index (κ2) is 6.59. The number of anilines is 1. The van der Waals surface area contributed by atoms with Gasteiger partial charge in [0.15, 0.2) is 5.82 Å². The summed E-state index contributed by atoms with van der Waals surface area (Å²) < 4.78 is 7.81. The highest BCUT2D eigenvalue weighted by molar-refractivity contribution is 5.93. The molecule has 0 bridgehead atoms. The van der Waals surface area contributed by atoms with Gasteiger partial charge in [-0.05, 0) is 26.0 Å². The monoisotopic (exact) mass is 376 g/mol. The third-order valence-corrected chi connectivity index (χ3v) is 4.76. The van der Waals surface area contributed by atoms with Gasteiger partial charge in [-0.25, -0.2) is 9.97 Å². The average Bonchev–Trinajstić information content (AvgIpc) is 3.33. The van der Waals surface area contributed by atoms with E-state index in [1.807, 2.05) is 32.2 Å². The number of hydrogen-bond donors (Lipinski definition) is 1. The molecular formula is C19H20N8O. The van der Waals surface area contributed by atoms with Gasteiger partial charge in [-0.1, -0.05) is 0 Å². The molecule has 4 aromatic heterocycles.